The van der Waals surface area contributed by atoms with Crippen LogP contribution >= 0.6 is 0 Å². The Labute approximate surface area is 168 Å². The lowest BCUT2D eigenvalue weighted by molar-refractivity contribution is -0.114. The summed E-state index contributed by atoms with van der Waals surface area (Å²) >= 11 is 0. The molecule has 5 heteroatoms. The molecular formula is C23H32N2O3. The number of anilines is 2. The van der Waals surface area contributed by atoms with E-state index in [1.165, 1.54) is 0 Å². The second-order valence-corrected chi connectivity index (χ2v) is 7.33. The molecule has 0 fully saturated rings. The van der Waals surface area contributed by atoms with E-state index in [4.69, 9.17) is 9.47 Å². The van der Waals surface area contributed by atoms with Gasteiger partial charge in [0.1, 0.15) is 11.5 Å². The van der Waals surface area contributed by atoms with Crippen molar-refractivity contribution in [1.82, 2.24) is 0 Å². The van der Waals surface area contributed by atoms with Crippen LogP contribution in [0.25, 0.3) is 0 Å². The molecule has 2 aromatic rings. The van der Waals surface area contributed by atoms with Crippen molar-refractivity contribution in [1.29, 1.82) is 0 Å². The standard InChI is InChI=1S/C23H32N2O3/c1-5-18(4)28-22-11-6-8-19(14-22)24-16-23(26)25-20-9-7-10-21(15-20)27-13-12-17(2)3/h6-11,14-15,17-18,24H,5,12-13,16H2,1-4H3,(H,25,26). The number of carbonyl (C=O) groups excluding carboxylic acids is 1. The van der Waals surface area contributed by atoms with E-state index in [0.29, 0.717) is 12.5 Å². The quantitative estimate of drug-likeness (QED) is 0.549. The highest BCUT2D eigenvalue weighted by Crippen LogP contribution is 2.20. The van der Waals surface area contributed by atoms with Gasteiger partial charge in [0.25, 0.3) is 0 Å². The molecule has 2 N–H and O–H groups in total. The maximum atomic E-state index is 12.3. The van der Waals surface area contributed by atoms with Crippen molar-refractivity contribution in [2.24, 2.45) is 5.92 Å². The zero-order valence-corrected chi connectivity index (χ0v) is 17.3. The van der Waals surface area contributed by atoms with Crippen LogP contribution in [0.5, 0.6) is 11.5 Å². The first kappa shape index (κ1) is 21.6. The number of hydrogen-bond donors (Lipinski definition) is 2. The summed E-state index contributed by atoms with van der Waals surface area (Å²) in [5.74, 6) is 2.04. The Kier molecular flexibility index (Phi) is 8.66. The fourth-order valence-corrected chi connectivity index (χ4v) is 2.46. The lowest BCUT2D eigenvalue weighted by Gasteiger charge is -2.14. The van der Waals surface area contributed by atoms with Gasteiger partial charge in [0.15, 0.2) is 0 Å². The van der Waals surface area contributed by atoms with Crippen LogP contribution in [0.15, 0.2) is 48.5 Å². The Morgan fingerprint density at radius 3 is 2.39 bits per heavy atom. The number of ether oxygens (including phenoxy) is 2. The topological polar surface area (TPSA) is 59.6 Å². The first-order valence-corrected chi connectivity index (χ1v) is 9.99. The molecule has 2 aromatic carbocycles. The number of amides is 1. The summed E-state index contributed by atoms with van der Waals surface area (Å²) in [5, 5.41) is 6.03. The fraction of sp³-hybridized carbons (Fsp3) is 0.435. The molecule has 0 aliphatic rings. The molecule has 152 valence electrons. The zero-order chi connectivity index (χ0) is 20.4. The highest BCUT2D eigenvalue weighted by Gasteiger charge is 2.06. The molecule has 0 bridgehead atoms. The molecule has 0 radical (unpaired) electrons. The molecule has 0 saturated carbocycles. The predicted octanol–water partition coefficient (Wildman–Crippen LogP) is 5.34. The van der Waals surface area contributed by atoms with Gasteiger partial charge in [-0.15, -0.1) is 0 Å². The number of benzene rings is 2. The van der Waals surface area contributed by atoms with Crippen molar-refractivity contribution in [2.45, 2.75) is 46.6 Å². The van der Waals surface area contributed by atoms with Crippen molar-refractivity contribution in [3.8, 4) is 11.5 Å². The summed E-state index contributed by atoms with van der Waals surface area (Å²) in [6.45, 7) is 9.30. The Morgan fingerprint density at radius 2 is 1.68 bits per heavy atom. The third kappa shape index (κ3) is 7.91. The lowest BCUT2D eigenvalue weighted by atomic mass is 10.1. The molecule has 1 atom stereocenters. The molecule has 0 heterocycles. The Bertz CT molecular complexity index is 746. The first-order chi connectivity index (χ1) is 13.5. The number of carbonyl (C=O) groups is 1. The van der Waals surface area contributed by atoms with Crippen LogP contribution in [0.2, 0.25) is 0 Å². The summed E-state index contributed by atoms with van der Waals surface area (Å²) in [6.07, 6.45) is 2.11. The van der Waals surface area contributed by atoms with Gasteiger partial charge >= 0.3 is 0 Å². The van der Waals surface area contributed by atoms with Gasteiger partial charge < -0.3 is 20.1 Å². The van der Waals surface area contributed by atoms with E-state index in [1.54, 1.807) is 0 Å². The van der Waals surface area contributed by atoms with Crippen LogP contribution in [-0.4, -0.2) is 25.2 Å². The maximum absolute atomic E-state index is 12.3. The lowest BCUT2D eigenvalue weighted by Crippen LogP contribution is -2.21. The van der Waals surface area contributed by atoms with Crippen molar-refractivity contribution >= 4 is 17.3 Å². The van der Waals surface area contributed by atoms with Crippen molar-refractivity contribution in [3.05, 3.63) is 48.5 Å². The molecule has 0 aromatic heterocycles. The summed E-state index contributed by atoms with van der Waals surface area (Å²) in [6, 6.07) is 15.1. The second-order valence-electron chi connectivity index (χ2n) is 7.33. The number of hydrogen-bond acceptors (Lipinski definition) is 4. The summed E-state index contributed by atoms with van der Waals surface area (Å²) in [5.41, 5.74) is 1.57. The largest absolute Gasteiger partial charge is 0.494 e. The second kappa shape index (κ2) is 11.2. The molecule has 28 heavy (non-hydrogen) atoms. The van der Waals surface area contributed by atoms with E-state index in [1.807, 2.05) is 55.5 Å². The van der Waals surface area contributed by atoms with E-state index in [-0.39, 0.29) is 18.6 Å². The smallest absolute Gasteiger partial charge is 0.243 e. The SMILES string of the molecule is CCC(C)Oc1cccc(NCC(=O)Nc2cccc(OCCC(C)C)c2)c1. The van der Waals surface area contributed by atoms with E-state index in [2.05, 4.69) is 31.4 Å². The Hall–Kier alpha value is -2.69. The molecule has 1 amide bonds. The van der Waals surface area contributed by atoms with E-state index in [9.17, 15) is 4.79 Å². The van der Waals surface area contributed by atoms with Crippen LogP contribution < -0.4 is 20.1 Å². The minimum atomic E-state index is -0.118. The molecule has 0 aliphatic heterocycles. The van der Waals surface area contributed by atoms with Crippen LogP contribution in [0.3, 0.4) is 0 Å². The van der Waals surface area contributed by atoms with Crippen molar-refractivity contribution in [2.75, 3.05) is 23.8 Å². The van der Waals surface area contributed by atoms with E-state index >= 15 is 0 Å². The normalized spacial score (nSPS) is 11.8. The third-order valence-corrected chi connectivity index (χ3v) is 4.28. The number of rotatable bonds is 11. The highest BCUT2D eigenvalue weighted by atomic mass is 16.5. The Balaban J connectivity index is 1.83. The highest BCUT2D eigenvalue weighted by molar-refractivity contribution is 5.93. The molecule has 5 nitrogen and oxygen atoms in total. The average Bonchev–Trinajstić information content (AvgIpc) is 2.66. The van der Waals surface area contributed by atoms with Crippen LogP contribution in [0.4, 0.5) is 11.4 Å². The van der Waals surface area contributed by atoms with E-state index in [0.717, 1.165) is 35.7 Å². The predicted molar refractivity (Wildman–Crippen MR) is 115 cm³/mol. The summed E-state index contributed by atoms with van der Waals surface area (Å²) in [7, 11) is 0. The average molecular weight is 385 g/mol. The van der Waals surface area contributed by atoms with E-state index < -0.39 is 0 Å². The molecule has 0 aliphatic carbocycles. The van der Waals surface area contributed by atoms with Gasteiger partial charge in [0.2, 0.25) is 5.91 Å². The third-order valence-electron chi connectivity index (χ3n) is 4.28. The van der Waals surface area contributed by atoms with Gasteiger partial charge in [-0.05, 0) is 49.9 Å². The van der Waals surface area contributed by atoms with Gasteiger partial charge in [0.05, 0.1) is 19.3 Å². The molecule has 0 spiro atoms. The Morgan fingerprint density at radius 1 is 1.00 bits per heavy atom. The van der Waals surface area contributed by atoms with Crippen LogP contribution in [0, 0.1) is 5.92 Å². The van der Waals surface area contributed by atoms with Crippen molar-refractivity contribution in [3.63, 3.8) is 0 Å². The van der Waals surface area contributed by atoms with Gasteiger partial charge in [-0.1, -0.05) is 32.9 Å². The molecule has 0 saturated heterocycles. The van der Waals surface area contributed by atoms with Gasteiger partial charge in [-0.2, -0.15) is 0 Å². The first-order valence-electron chi connectivity index (χ1n) is 9.99. The molecular weight excluding hydrogens is 352 g/mol. The van der Waals surface area contributed by atoms with Crippen LogP contribution in [-0.2, 0) is 4.79 Å². The minimum Gasteiger partial charge on any atom is -0.494 e. The molecule has 1 unspecified atom stereocenters. The van der Waals surface area contributed by atoms with Gasteiger partial charge in [0, 0.05) is 23.5 Å². The maximum Gasteiger partial charge on any atom is 0.243 e. The summed E-state index contributed by atoms with van der Waals surface area (Å²) < 4.78 is 11.6. The molecule has 2 rings (SSSR count). The monoisotopic (exact) mass is 384 g/mol. The summed E-state index contributed by atoms with van der Waals surface area (Å²) in [4.78, 5) is 12.3. The van der Waals surface area contributed by atoms with Gasteiger partial charge in [-0.3, -0.25) is 4.79 Å². The minimum absolute atomic E-state index is 0.118. The van der Waals surface area contributed by atoms with Gasteiger partial charge in [-0.25, -0.2) is 0 Å². The zero-order valence-electron chi connectivity index (χ0n) is 17.3. The van der Waals surface area contributed by atoms with Crippen LogP contribution in [0.1, 0.15) is 40.5 Å². The number of nitrogens with one attached hydrogen (secondary N) is 2. The van der Waals surface area contributed by atoms with Crippen molar-refractivity contribution < 1.29 is 14.3 Å². The fourth-order valence-electron chi connectivity index (χ4n) is 2.46.